The van der Waals surface area contributed by atoms with E-state index in [-0.39, 0.29) is 0 Å². The van der Waals surface area contributed by atoms with Gasteiger partial charge in [0.2, 0.25) is 0 Å². The van der Waals surface area contributed by atoms with Crippen molar-refractivity contribution < 1.29 is 0 Å². The van der Waals surface area contributed by atoms with Crippen molar-refractivity contribution in [3.05, 3.63) is 0 Å². The van der Waals surface area contributed by atoms with Crippen LogP contribution in [0.1, 0.15) is 44.9 Å². The zero-order chi connectivity index (χ0) is 10.5. The quantitative estimate of drug-likeness (QED) is 0.749. The highest BCUT2D eigenvalue weighted by Gasteiger charge is 2.30. The minimum atomic E-state index is 0.804. The molecule has 2 atom stereocenters. The number of hydrogen-bond donors (Lipinski definition) is 2. The lowest BCUT2D eigenvalue weighted by atomic mass is 9.72. The zero-order valence-electron chi connectivity index (χ0n) is 9.88. The number of rotatable bonds is 3. The minimum absolute atomic E-state index is 0.804. The predicted molar refractivity (Wildman–Crippen MR) is 64.7 cm³/mol. The van der Waals surface area contributed by atoms with Crippen LogP contribution in [0.5, 0.6) is 0 Å². The van der Waals surface area contributed by atoms with Crippen LogP contribution in [0.25, 0.3) is 0 Å². The van der Waals surface area contributed by atoms with Gasteiger partial charge < -0.3 is 11.1 Å². The molecule has 1 aliphatic carbocycles. The molecule has 2 aliphatic rings. The average Bonchev–Trinajstić information content (AvgIpc) is 2.33. The van der Waals surface area contributed by atoms with E-state index in [1.165, 1.54) is 58.0 Å². The highest BCUT2D eigenvalue weighted by molar-refractivity contribution is 4.83. The first-order valence-corrected chi connectivity index (χ1v) is 6.82. The molecule has 2 unspecified atom stereocenters. The third kappa shape index (κ3) is 2.94. The van der Waals surface area contributed by atoms with Gasteiger partial charge in [0.15, 0.2) is 0 Å². The van der Waals surface area contributed by atoms with Gasteiger partial charge in [-0.25, -0.2) is 0 Å². The third-order valence-electron chi connectivity index (χ3n) is 4.47. The molecular weight excluding hydrogens is 184 g/mol. The highest BCUT2D eigenvalue weighted by Crippen LogP contribution is 2.35. The Bertz CT molecular complexity index is 151. The Morgan fingerprint density at radius 3 is 2.33 bits per heavy atom. The van der Waals surface area contributed by atoms with E-state index < -0.39 is 0 Å². The maximum absolute atomic E-state index is 6.01. The summed E-state index contributed by atoms with van der Waals surface area (Å²) in [6.45, 7) is 3.35. The topological polar surface area (TPSA) is 38.0 Å². The van der Waals surface area contributed by atoms with Crippen molar-refractivity contribution in [2.75, 3.05) is 19.6 Å². The smallest absolute Gasteiger partial charge is 0.00173 e. The Labute approximate surface area is 94.0 Å². The van der Waals surface area contributed by atoms with Crippen molar-refractivity contribution in [1.82, 2.24) is 5.32 Å². The summed E-state index contributed by atoms with van der Waals surface area (Å²) in [4.78, 5) is 0. The van der Waals surface area contributed by atoms with Gasteiger partial charge in [-0.05, 0) is 50.2 Å². The van der Waals surface area contributed by atoms with Gasteiger partial charge in [0.1, 0.15) is 0 Å². The fourth-order valence-electron chi connectivity index (χ4n) is 3.58. The van der Waals surface area contributed by atoms with E-state index in [2.05, 4.69) is 5.32 Å². The van der Waals surface area contributed by atoms with Crippen LogP contribution in [0.2, 0.25) is 0 Å². The molecule has 15 heavy (non-hydrogen) atoms. The first-order chi connectivity index (χ1) is 7.42. The molecule has 3 N–H and O–H groups in total. The summed E-state index contributed by atoms with van der Waals surface area (Å²) < 4.78 is 0. The summed E-state index contributed by atoms with van der Waals surface area (Å²) in [7, 11) is 0. The van der Waals surface area contributed by atoms with Gasteiger partial charge in [0.25, 0.3) is 0 Å². The minimum Gasteiger partial charge on any atom is -0.330 e. The Hall–Kier alpha value is -0.0800. The maximum Gasteiger partial charge on any atom is -0.00173 e. The van der Waals surface area contributed by atoms with Crippen molar-refractivity contribution in [3.63, 3.8) is 0 Å². The molecule has 2 rings (SSSR count). The molecule has 2 nitrogen and oxygen atoms in total. The van der Waals surface area contributed by atoms with E-state index in [9.17, 15) is 0 Å². The second-order valence-electron chi connectivity index (χ2n) is 5.40. The SMILES string of the molecule is NCC(C1CCCCC1)C1CCCNC1. The number of hydrogen-bond acceptors (Lipinski definition) is 2. The van der Waals surface area contributed by atoms with Crippen LogP contribution in [-0.2, 0) is 0 Å². The van der Waals surface area contributed by atoms with Crippen molar-refractivity contribution in [1.29, 1.82) is 0 Å². The van der Waals surface area contributed by atoms with E-state index in [0.29, 0.717) is 0 Å². The van der Waals surface area contributed by atoms with Gasteiger partial charge in [-0.2, -0.15) is 0 Å². The zero-order valence-corrected chi connectivity index (χ0v) is 9.88. The molecule has 0 aromatic heterocycles. The van der Waals surface area contributed by atoms with E-state index in [4.69, 9.17) is 5.73 Å². The lowest BCUT2D eigenvalue weighted by molar-refractivity contribution is 0.158. The summed E-state index contributed by atoms with van der Waals surface area (Å²) in [5, 5.41) is 3.53. The molecule has 2 fully saturated rings. The summed E-state index contributed by atoms with van der Waals surface area (Å²) in [5.74, 6) is 2.61. The standard InChI is InChI=1S/C13H26N2/c14-9-13(11-5-2-1-3-6-11)12-7-4-8-15-10-12/h11-13,15H,1-10,14H2. The van der Waals surface area contributed by atoms with Crippen LogP contribution in [0.4, 0.5) is 0 Å². The van der Waals surface area contributed by atoms with Crippen LogP contribution >= 0.6 is 0 Å². The second kappa shape index (κ2) is 5.86. The molecule has 88 valence electrons. The lowest BCUT2D eigenvalue weighted by Crippen LogP contribution is -2.40. The summed E-state index contributed by atoms with van der Waals surface area (Å²) in [6.07, 6.45) is 10.00. The normalized spacial score (nSPS) is 31.4. The summed E-state index contributed by atoms with van der Waals surface area (Å²) in [5.41, 5.74) is 6.01. The molecule has 0 spiro atoms. The number of nitrogens with two attached hydrogens (primary N) is 1. The van der Waals surface area contributed by atoms with E-state index >= 15 is 0 Å². The van der Waals surface area contributed by atoms with Gasteiger partial charge in [-0.3, -0.25) is 0 Å². The third-order valence-corrected chi connectivity index (χ3v) is 4.47. The van der Waals surface area contributed by atoms with Gasteiger partial charge >= 0.3 is 0 Å². The molecule has 0 radical (unpaired) electrons. The summed E-state index contributed by atoms with van der Waals surface area (Å²) in [6, 6.07) is 0. The largest absolute Gasteiger partial charge is 0.330 e. The fraction of sp³-hybridized carbons (Fsp3) is 1.00. The first kappa shape index (κ1) is 11.4. The maximum atomic E-state index is 6.01. The lowest BCUT2D eigenvalue weighted by Gasteiger charge is -2.37. The molecule has 0 amide bonds. The predicted octanol–water partition coefficient (Wildman–Crippen LogP) is 2.14. The van der Waals surface area contributed by atoms with Crippen LogP contribution in [0.3, 0.4) is 0 Å². The molecule has 0 bridgehead atoms. The van der Waals surface area contributed by atoms with Gasteiger partial charge in [-0.15, -0.1) is 0 Å². The van der Waals surface area contributed by atoms with Gasteiger partial charge in [0, 0.05) is 0 Å². The molecule has 1 saturated heterocycles. The molecule has 1 aliphatic heterocycles. The molecular formula is C13H26N2. The average molecular weight is 210 g/mol. The van der Waals surface area contributed by atoms with E-state index in [1.807, 2.05) is 0 Å². The first-order valence-electron chi connectivity index (χ1n) is 6.82. The Balaban J connectivity index is 1.88. The second-order valence-corrected chi connectivity index (χ2v) is 5.40. The Morgan fingerprint density at radius 2 is 1.73 bits per heavy atom. The molecule has 0 aromatic rings. The molecule has 1 heterocycles. The number of piperidine rings is 1. The number of nitrogens with one attached hydrogen (secondary N) is 1. The van der Waals surface area contributed by atoms with Gasteiger partial charge in [0.05, 0.1) is 0 Å². The summed E-state index contributed by atoms with van der Waals surface area (Å²) >= 11 is 0. The van der Waals surface area contributed by atoms with E-state index in [0.717, 1.165) is 24.3 Å². The Morgan fingerprint density at radius 1 is 1.00 bits per heavy atom. The monoisotopic (exact) mass is 210 g/mol. The van der Waals surface area contributed by atoms with Crippen LogP contribution in [0, 0.1) is 17.8 Å². The van der Waals surface area contributed by atoms with Crippen LogP contribution in [0.15, 0.2) is 0 Å². The van der Waals surface area contributed by atoms with Crippen LogP contribution < -0.4 is 11.1 Å². The van der Waals surface area contributed by atoms with Crippen molar-refractivity contribution >= 4 is 0 Å². The molecule has 2 heteroatoms. The van der Waals surface area contributed by atoms with E-state index in [1.54, 1.807) is 0 Å². The van der Waals surface area contributed by atoms with Gasteiger partial charge in [-0.1, -0.05) is 32.1 Å². The Kier molecular flexibility index (Phi) is 4.45. The molecule has 0 aromatic carbocycles. The van der Waals surface area contributed by atoms with Crippen molar-refractivity contribution in [2.45, 2.75) is 44.9 Å². The van der Waals surface area contributed by atoms with Crippen molar-refractivity contribution in [3.8, 4) is 0 Å². The highest BCUT2D eigenvalue weighted by atomic mass is 14.9. The van der Waals surface area contributed by atoms with Crippen molar-refractivity contribution in [2.24, 2.45) is 23.5 Å². The molecule has 1 saturated carbocycles. The van der Waals surface area contributed by atoms with Crippen LogP contribution in [-0.4, -0.2) is 19.6 Å². The fourth-order valence-corrected chi connectivity index (χ4v) is 3.58.